The Hall–Kier alpha value is -4.00. The van der Waals surface area contributed by atoms with Crippen LogP contribution in [0, 0.1) is 24.7 Å². The first-order valence-corrected chi connectivity index (χ1v) is 20.1. The SMILES string of the molecule is COc1nnc(C)cc1C(=O)N[S@@]1(=O)=NC(=O)c2ccc3c(c2)N(C[C@@H]2CC[C@H]2[C@@H](OC)/C=C/C[C@H](C)C1)C[C@@]1(CCCc2cc(Cl)ccc21)CO3. The van der Waals surface area contributed by atoms with Gasteiger partial charge in [0.1, 0.15) is 21.2 Å². The zero-order chi connectivity index (χ0) is 36.6. The van der Waals surface area contributed by atoms with E-state index in [1.54, 1.807) is 20.1 Å². The summed E-state index contributed by atoms with van der Waals surface area (Å²) in [6.07, 6.45) is 9.72. The lowest BCUT2D eigenvalue weighted by Crippen LogP contribution is -2.49. The van der Waals surface area contributed by atoms with E-state index in [1.807, 2.05) is 25.1 Å². The number of nitrogens with zero attached hydrogens (tertiary/aromatic N) is 4. The molecule has 1 fully saturated rings. The van der Waals surface area contributed by atoms with Gasteiger partial charge in [0, 0.05) is 36.2 Å². The highest BCUT2D eigenvalue weighted by Gasteiger charge is 2.44. The molecule has 3 heterocycles. The molecule has 276 valence electrons. The van der Waals surface area contributed by atoms with Gasteiger partial charge < -0.3 is 19.1 Å². The number of anilines is 1. The number of methoxy groups -OCH3 is 2. The lowest BCUT2D eigenvalue weighted by atomic mass is 9.68. The van der Waals surface area contributed by atoms with Gasteiger partial charge in [-0.1, -0.05) is 36.7 Å². The number of halogens is 1. The van der Waals surface area contributed by atoms with E-state index in [1.165, 1.54) is 24.3 Å². The van der Waals surface area contributed by atoms with Crippen molar-refractivity contribution in [2.45, 2.75) is 63.9 Å². The van der Waals surface area contributed by atoms with Crippen molar-refractivity contribution in [1.29, 1.82) is 0 Å². The molecular weight excluding hydrogens is 702 g/mol. The fourth-order valence-electron chi connectivity index (χ4n) is 8.36. The molecule has 2 amide bonds. The number of carbonyl (C=O) groups is 2. The Kier molecular flexibility index (Phi) is 10.3. The Morgan fingerprint density at radius 2 is 1.98 bits per heavy atom. The van der Waals surface area contributed by atoms with E-state index >= 15 is 0 Å². The molecule has 0 radical (unpaired) electrons. The number of ether oxygens (including phenoxy) is 3. The number of rotatable bonds is 4. The first-order valence-electron chi connectivity index (χ1n) is 18.0. The molecule has 2 bridgehead atoms. The summed E-state index contributed by atoms with van der Waals surface area (Å²) in [5, 5.41) is 8.64. The van der Waals surface area contributed by atoms with Crippen LogP contribution in [0.1, 0.15) is 76.6 Å². The Bertz CT molecular complexity index is 2030. The molecule has 0 unspecified atom stereocenters. The second-order valence-corrected chi connectivity index (χ2v) is 17.2. The highest BCUT2D eigenvalue weighted by Crippen LogP contribution is 2.47. The fraction of sp³-hybridized carbons (Fsp3) is 0.487. The Balaban J connectivity index is 1.31. The van der Waals surface area contributed by atoms with Gasteiger partial charge in [0.25, 0.3) is 11.8 Å². The van der Waals surface area contributed by atoms with Gasteiger partial charge in [0.15, 0.2) is 0 Å². The highest BCUT2D eigenvalue weighted by atomic mass is 35.5. The topological polar surface area (TPSA) is 132 Å². The van der Waals surface area contributed by atoms with E-state index in [2.05, 4.69) is 48.5 Å². The zero-order valence-corrected chi connectivity index (χ0v) is 31.7. The minimum absolute atomic E-state index is 0.0196. The van der Waals surface area contributed by atoms with Gasteiger partial charge in [-0.25, -0.2) is 4.21 Å². The molecule has 1 spiro atoms. The molecule has 3 aromatic rings. The van der Waals surface area contributed by atoms with E-state index in [9.17, 15) is 13.8 Å². The molecule has 2 aliphatic heterocycles. The highest BCUT2D eigenvalue weighted by molar-refractivity contribution is 7.92. The van der Waals surface area contributed by atoms with Gasteiger partial charge in [-0.05, 0) is 111 Å². The molecule has 11 nitrogen and oxygen atoms in total. The van der Waals surface area contributed by atoms with E-state index in [4.69, 9.17) is 25.8 Å². The molecule has 52 heavy (non-hydrogen) atoms. The number of hydrogen-bond donors (Lipinski definition) is 1. The number of carbonyl (C=O) groups excluding carboxylic acids is 2. The number of allylic oxidation sites excluding steroid dienone is 1. The van der Waals surface area contributed by atoms with E-state index < -0.39 is 21.7 Å². The summed E-state index contributed by atoms with van der Waals surface area (Å²) in [6.45, 7) is 5.57. The molecule has 2 aromatic carbocycles. The predicted molar refractivity (Wildman–Crippen MR) is 201 cm³/mol. The van der Waals surface area contributed by atoms with E-state index in [-0.39, 0.29) is 40.2 Å². The quantitative estimate of drug-likeness (QED) is 0.297. The number of hydrogen-bond acceptors (Lipinski definition) is 9. The van der Waals surface area contributed by atoms with Gasteiger partial charge in [-0.15, -0.1) is 9.46 Å². The first kappa shape index (κ1) is 36.4. The van der Waals surface area contributed by atoms with Crippen molar-refractivity contribution in [3.05, 3.63) is 87.6 Å². The number of amides is 2. The smallest absolute Gasteiger partial charge is 0.286 e. The van der Waals surface area contributed by atoms with Crippen molar-refractivity contribution in [1.82, 2.24) is 14.9 Å². The predicted octanol–water partition coefficient (Wildman–Crippen LogP) is 6.51. The minimum Gasteiger partial charge on any atom is -0.490 e. The van der Waals surface area contributed by atoms with Crippen molar-refractivity contribution in [3.8, 4) is 11.6 Å². The third-order valence-corrected chi connectivity index (χ3v) is 13.3. The maximum Gasteiger partial charge on any atom is 0.286 e. The van der Waals surface area contributed by atoms with Crippen molar-refractivity contribution in [2.75, 3.05) is 44.6 Å². The van der Waals surface area contributed by atoms with Gasteiger partial charge >= 0.3 is 0 Å². The van der Waals surface area contributed by atoms with Crippen LogP contribution in [-0.2, 0) is 26.5 Å². The number of benzene rings is 2. The Morgan fingerprint density at radius 1 is 1.13 bits per heavy atom. The molecule has 1 N–H and O–H groups in total. The Morgan fingerprint density at radius 3 is 2.75 bits per heavy atom. The lowest BCUT2D eigenvalue weighted by Gasteiger charge is -2.46. The number of aromatic nitrogens is 2. The van der Waals surface area contributed by atoms with Crippen LogP contribution in [0.2, 0.25) is 5.02 Å². The second-order valence-electron chi connectivity index (χ2n) is 14.8. The largest absolute Gasteiger partial charge is 0.490 e. The van der Waals surface area contributed by atoms with Crippen LogP contribution in [0.4, 0.5) is 5.69 Å². The summed E-state index contributed by atoms with van der Waals surface area (Å²) in [4.78, 5) is 30.0. The van der Waals surface area contributed by atoms with Gasteiger partial charge in [-0.2, -0.15) is 5.10 Å². The van der Waals surface area contributed by atoms with Crippen LogP contribution in [-0.4, -0.2) is 72.0 Å². The molecule has 2 aliphatic carbocycles. The number of fused-ring (bicyclic) bond motifs is 4. The molecule has 6 atom stereocenters. The minimum atomic E-state index is -3.63. The molecule has 1 saturated carbocycles. The monoisotopic (exact) mass is 747 g/mol. The van der Waals surface area contributed by atoms with Crippen LogP contribution in [0.5, 0.6) is 11.6 Å². The molecule has 7 rings (SSSR count). The maximum atomic E-state index is 14.6. The average molecular weight is 748 g/mol. The number of nitrogens with one attached hydrogen (secondary N) is 1. The van der Waals surface area contributed by atoms with Crippen LogP contribution in [0.25, 0.3) is 0 Å². The summed E-state index contributed by atoms with van der Waals surface area (Å²) in [5.74, 6) is -0.286. The van der Waals surface area contributed by atoms with Crippen LogP contribution >= 0.6 is 11.6 Å². The van der Waals surface area contributed by atoms with E-state index in [0.29, 0.717) is 42.9 Å². The lowest BCUT2D eigenvalue weighted by molar-refractivity contribution is 0.0131. The summed E-state index contributed by atoms with van der Waals surface area (Å²) in [6, 6.07) is 13.0. The van der Waals surface area contributed by atoms with Gasteiger partial charge in [-0.3, -0.25) is 14.3 Å². The molecule has 1 aromatic heterocycles. The van der Waals surface area contributed by atoms with Crippen molar-refractivity contribution in [2.24, 2.45) is 22.1 Å². The third-order valence-electron chi connectivity index (χ3n) is 11.1. The third kappa shape index (κ3) is 7.30. The normalized spacial score (nSPS) is 29.3. The van der Waals surface area contributed by atoms with Crippen molar-refractivity contribution in [3.63, 3.8) is 0 Å². The van der Waals surface area contributed by atoms with Crippen LogP contribution in [0.3, 0.4) is 0 Å². The van der Waals surface area contributed by atoms with Gasteiger partial charge in [0.2, 0.25) is 5.88 Å². The molecule has 4 aliphatic rings. The van der Waals surface area contributed by atoms with Crippen molar-refractivity contribution >= 4 is 39.0 Å². The second kappa shape index (κ2) is 14.8. The summed E-state index contributed by atoms with van der Waals surface area (Å²) < 4.78 is 39.5. The van der Waals surface area contributed by atoms with Crippen LogP contribution in [0.15, 0.2) is 59.0 Å². The van der Waals surface area contributed by atoms with Crippen LogP contribution < -0.4 is 19.1 Å². The van der Waals surface area contributed by atoms with E-state index in [0.717, 1.165) is 49.4 Å². The standard InChI is InChI=1S/C39H46ClN5O6S/c1-24-7-5-9-34(49-3)30-13-10-28(30)20-45-22-39(16-6-8-26-18-29(40)12-14-32(26)39)23-51-35-15-11-27(19-33(35)45)36(46)43-52(48,21-24)44-37(47)31-17-25(2)41-42-38(31)50-4/h5,9,11-12,14-15,17-19,24,28,30,34H,6-8,10,13,16,20-23H2,1-4H3,(H,43,44,46,47,48)/b9-5+/t24-,28-,30+,34-,39-,52-/m0/s1. The summed E-state index contributed by atoms with van der Waals surface area (Å²) in [5.41, 5.74) is 3.83. The maximum absolute atomic E-state index is 14.6. The summed E-state index contributed by atoms with van der Waals surface area (Å²) in [7, 11) is -0.499. The molecular formula is C39H46ClN5O6S. The average Bonchev–Trinajstić information content (AvgIpc) is 3.25. The zero-order valence-electron chi connectivity index (χ0n) is 30.1. The van der Waals surface area contributed by atoms with Gasteiger partial charge in [0.05, 0.1) is 37.0 Å². The fourth-order valence-corrected chi connectivity index (χ4v) is 10.4. The Labute approximate surface area is 310 Å². The molecule has 0 saturated heterocycles. The molecule has 13 heteroatoms. The van der Waals surface area contributed by atoms with Crippen molar-refractivity contribution < 1.29 is 28.0 Å². The first-order chi connectivity index (χ1) is 25.0. The number of aryl methyl sites for hydroxylation is 2. The summed E-state index contributed by atoms with van der Waals surface area (Å²) >= 11 is 6.46.